The molecule has 2 rings (SSSR count). The minimum absolute atomic E-state index is 0.442. The summed E-state index contributed by atoms with van der Waals surface area (Å²) < 4.78 is 5.69. The van der Waals surface area contributed by atoms with E-state index in [2.05, 4.69) is 17.3 Å². The van der Waals surface area contributed by atoms with Crippen LogP contribution < -0.4 is 5.32 Å². The molecule has 0 radical (unpaired) electrons. The maximum atomic E-state index is 5.69. The molecule has 2 fully saturated rings. The molecule has 0 saturated carbocycles. The fourth-order valence-electron chi connectivity index (χ4n) is 1.76. The maximum absolute atomic E-state index is 5.69. The molecule has 2 unspecified atom stereocenters. The van der Waals surface area contributed by atoms with Crippen molar-refractivity contribution in [3.05, 3.63) is 0 Å². The molecule has 0 aromatic heterocycles. The fraction of sp³-hybridized carbons (Fsp3) is 1.00. The molecule has 12 heavy (non-hydrogen) atoms. The Labute approximate surface area is 75.1 Å². The minimum Gasteiger partial charge on any atom is -0.370 e. The monoisotopic (exact) mass is 172 g/mol. The second-order valence-corrected chi connectivity index (χ2v) is 3.26. The van der Waals surface area contributed by atoms with Crippen LogP contribution in [0.5, 0.6) is 0 Å². The van der Waals surface area contributed by atoms with Crippen LogP contribution in [0.4, 0.5) is 0 Å². The molecule has 3 heteroatoms. The van der Waals surface area contributed by atoms with Crippen LogP contribution in [-0.2, 0) is 4.74 Å². The number of nitrogens with zero attached hydrogens (tertiary/aromatic N) is 1. The molecule has 3 nitrogen and oxygen atoms in total. The second kappa shape index (κ2) is 4.80. The van der Waals surface area contributed by atoms with Crippen LogP contribution in [0.15, 0.2) is 0 Å². The maximum Gasteiger partial charge on any atom is 0.0831 e. The summed E-state index contributed by atoms with van der Waals surface area (Å²) in [4.78, 5) is 2.35. The van der Waals surface area contributed by atoms with Crippen LogP contribution in [0.2, 0.25) is 0 Å². The molecule has 72 valence electrons. The molecule has 0 amide bonds. The Balaban J connectivity index is 0.000000336. The van der Waals surface area contributed by atoms with Gasteiger partial charge in [0.15, 0.2) is 0 Å². The molecule has 2 aliphatic heterocycles. The van der Waals surface area contributed by atoms with Gasteiger partial charge in [-0.15, -0.1) is 0 Å². The van der Waals surface area contributed by atoms with Crippen LogP contribution in [0.3, 0.4) is 0 Å². The lowest BCUT2D eigenvalue weighted by atomic mass is 10.1. The van der Waals surface area contributed by atoms with Gasteiger partial charge in [-0.3, -0.25) is 0 Å². The summed E-state index contributed by atoms with van der Waals surface area (Å²) in [7, 11) is 2.16. The molecule has 2 bridgehead atoms. The molecule has 2 heterocycles. The average Bonchev–Trinajstić information content (AvgIpc) is 2.07. The summed E-state index contributed by atoms with van der Waals surface area (Å²) in [5, 5.41) is 3.36. The van der Waals surface area contributed by atoms with Crippen molar-refractivity contribution in [3.63, 3.8) is 0 Å². The second-order valence-electron chi connectivity index (χ2n) is 3.26. The van der Waals surface area contributed by atoms with E-state index < -0.39 is 0 Å². The Morgan fingerprint density at radius 3 is 2.17 bits per heavy atom. The number of morpholine rings is 2. The summed E-state index contributed by atoms with van der Waals surface area (Å²) >= 11 is 0. The van der Waals surface area contributed by atoms with E-state index in [9.17, 15) is 0 Å². The van der Waals surface area contributed by atoms with Gasteiger partial charge < -0.3 is 15.0 Å². The van der Waals surface area contributed by atoms with Crippen molar-refractivity contribution in [2.24, 2.45) is 0 Å². The number of hydrogen-bond donors (Lipinski definition) is 1. The minimum atomic E-state index is 0.442. The van der Waals surface area contributed by atoms with E-state index in [0.717, 1.165) is 26.2 Å². The van der Waals surface area contributed by atoms with Gasteiger partial charge in [-0.25, -0.2) is 0 Å². The summed E-state index contributed by atoms with van der Waals surface area (Å²) in [6, 6.07) is 0. The molecule has 0 spiro atoms. The van der Waals surface area contributed by atoms with Crippen molar-refractivity contribution in [1.82, 2.24) is 10.2 Å². The van der Waals surface area contributed by atoms with Gasteiger partial charge in [0.25, 0.3) is 0 Å². The first-order valence-electron chi connectivity index (χ1n) is 4.89. The summed E-state index contributed by atoms with van der Waals surface area (Å²) in [6.07, 6.45) is 0.884. The number of ether oxygens (including phenoxy) is 1. The standard InChI is InChI=1S/C7H14N2O.C2H6/c1-9-4-6-2-8-3-7(5-9)10-6;1-2/h6-8H,2-5H2,1H3;1-2H3. The Morgan fingerprint density at radius 2 is 1.67 bits per heavy atom. The zero-order valence-electron chi connectivity index (χ0n) is 8.34. The van der Waals surface area contributed by atoms with Gasteiger partial charge >= 0.3 is 0 Å². The highest BCUT2D eigenvalue weighted by Gasteiger charge is 2.28. The highest BCUT2D eigenvalue weighted by Crippen LogP contribution is 2.11. The lowest BCUT2D eigenvalue weighted by Gasteiger charge is -2.40. The predicted molar refractivity (Wildman–Crippen MR) is 50.4 cm³/mol. The molecule has 0 aliphatic carbocycles. The highest BCUT2D eigenvalue weighted by atomic mass is 16.5. The number of nitrogens with one attached hydrogen (secondary N) is 1. The lowest BCUT2D eigenvalue weighted by Crippen LogP contribution is -2.57. The third-order valence-corrected chi connectivity index (χ3v) is 2.16. The first-order valence-corrected chi connectivity index (χ1v) is 4.89. The fourth-order valence-corrected chi connectivity index (χ4v) is 1.76. The van der Waals surface area contributed by atoms with Gasteiger partial charge in [0.2, 0.25) is 0 Å². The summed E-state index contributed by atoms with van der Waals surface area (Å²) in [5.41, 5.74) is 0. The summed E-state index contributed by atoms with van der Waals surface area (Å²) in [6.45, 7) is 8.23. The van der Waals surface area contributed by atoms with Gasteiger partial charge in [-0.2, -0.15) is 0 Å². The number of hydrogen-bond acceptors (Lipinski definition) is 3. The number of likely N-dealkylation sites (N-methyl/N-ethyl adjacent to an activating group) is 1. The van der Waals surface area contributed by atoms with Crippen LogP contribution >= 0.6 is 0 Å². The van der Waals surface area contributed by atoms with E-state index in [1.807, 2.05) is 13.8 Å². The Bertz CT molecular complexity index is 114. The van der Waals surface area contributed by atoms with Crippen molar-refractivity contribution < 1.29 is 4.74 Å². The van der Waals surface area contributed by atoms with Crippen LogP contribution in [-0.4, -0.2) is 50.3 Å². The van der Waals surface area contributed by atoms with E-state index in [-0.39, 0.29) is 0 Å². The van der Waals surface area contributed by atoms with Crippen molar-refractivity contribution >= 4 is 0 Å². The largest absolute Gasteiger partial charge is 0.370 e. The zero-order valence-corrected chi connectivity index (χ0v) is 8.34. The molecular weight excluding hydrogens is 152 g/mol. The molecule has 0 aromatic rings. The normalized spacial score (nSPS) is 35.2. The van der Waals surface area contributed by atoms with E-state index >= 15 is 0 Å². The molecular formula is C9H20N2O. The van der Waals surface area contributed by atoms with Gasteiger partial charge in [0.1, 0.15) is 0 Å². The topological polar surface area (TPSA) is 24.5 Å². The van der Waals surface area contributed by atoms with E-state index in [0.29, 0.717) is 12.2 Å². The zero-order chi connectivity index (χ0) is 8.97. The van der Waals surface area contributed by atoms with Crippen molar-refractivity contribution in [2.45, 2.75) is 26.1 Å². The van der Waals surface area contributed by atoms with Crippen molar-refractivity contribution in [2.75, 3.05) is 33.2 Å². The first kappa shape index (κ1) is 9.96. The van der Waals surface area contributed by atoms with E-state index in [4.69, 9.17) is 4.74 Å². The van der Waals surface area contributed by atoms with Crippen molar-refractivity contribution in [3.8, 4) is 0 Å². The van der Waals surface area contributed by atoms with Crippen LogP contribution in [0.1, 0.15) is 13.8 Å². The molecule has 2 aliphatic rings. The predicted octanol–water partition coefficient (Wildman–Crippen LogP) is 0.315. The van der Waals surface area contributed by atoms with Gasteiger partial charge in [0, 0.05) is 26.2 Å². The quantitative estimate of drug-likeness (QED) is 0.569. The van der Waals surface area contributed by atoms with Gasteiger partial charge in [0.05, 0.1) is 12.2 Å². The molecule has 1 N–H and O–H groups in total. The summed E-state index contributed by atoms with van der Waals surface area (Å²) in [5.74, 6) is 0. The smallest absolute Gasteiger partial charge is 0.0831 e. The highest BCUT2D eigenvalue weighted by molar-refractivity contribution is 4.83. The van der Waals surface area contributed by atoms with Gasteiger partial charge in [-0.1, -0.05) is 13.8 Å². The average molecular weight is 172 g/mol. The van der Waals surface area contributed by atoms with E-state index in [1.165, 1.54) is 0 Å². The van der Waals surface area contributed by atoms with Gasteiger partial charge in [-0.05, 0) is 7.05 Å². The number of fused-ring (bicyclic) bond motifs is 2. The number of rotatable bonds is 0. The van der Waals surface area contributed by atoms with Crippen LogP contribution in [0, 0.1) is 0 Å². The SMILES string of the molecule is CC.CN1CC2CNCC(C1)O2. The molecule has 2 saturated heterocycles. The molecule has 0 aromatic carbocycles. The first-order chi connectivity index (χ1) is 5.84. The Kier molecular flexibility index (Phi) is 3.98. The Hall–Kier alpha value is -0.120. The van der Waals surface area contributed by atoms with E-state index in [1.54, 1.807) is 0 Å². The third-order valence-electron chi connectivity index (χ3n) is 2.16. The van der Waals surface area contributed by atoms with Crippen LogP contribution in [0.25, 0.3) is 0 Å². The molecule has 2 atom stereocenters. The van der Waals surface area contributed by atoms with Crippen molar-refractivity contribution in [1.29, 1.82) is 0 Å². The Morgan fingerprint density at radius 1 is 1.17 bits per heavy atom. The third kappa shape index (κ3) is 2.44. The lowest BCUT2D eigenvalue weighted by molar-refractivity contribution is -0.0962.